The minimum Gasteiger partial charge on any atom is -0.520 e. The van der Waals surface area contributed by atoms with Crippen molar-refractivity contribution in [2.75, 3.05) is 122 Å². The second-order valence-electron chi connectivity index (χ2n) is 20.5. The van der Waals surface area contributed by atoms with Gasteiger partial charge in [-0.25, -0.2) is 15.0 Å². The number of hydrogen-bond donors (Lipinski definition) is 5. The van der Waals surface area contributed by atoms with Crippen LogP contribution in [0.4, 0.5) is 11.5 Å². The van der Waals surface area contributed by atoms with Crippen molar-refractivity contribution in [2.24, 2.45) is 5.73 Å². The summed E-state index contributed by atoms with van der Waals surface area (Å²) in [5.74, 6) is 0.694. The molecule has 0 unspecified atom stereocenters. The van der Waals surface area contributed by atoms with Gasteiger partial charge in [0.15, 0.2) is 5.69 Å². The summed E-state index contributed by atoms with van der Waals surface area (Å²) in [7, 11) is 1.93. The average Bonchev–Trinajstić information content (AvgIpc) is 4.11. The Morgan fingerprint density at radius 1 is 0.867 bits per heavy atom. The SMILES string of the molecule is CCc1cccc(-c2cnc(C(=O)NCCOCCOCCC(=O)N3CCN(CC)CC3)c(NC3(CN([C-]=O)Cc4cccc(C)c4)COC3)c2)c1.CCl.CNCc1ccc(Cl)cc1.NC1(C=O)CCN(c2ncnc3[nH]ccc23)CC1.[Fm]. The number of alkyl halides is 1. The molecule has 454 valence electrons. The molecule has 0 spiro atoms. The van der Waals surface area contributed by atoms with Gasteiger partial charge in [-0.2, -0.15) is 6.41 Å². The van der Waals surface area contributed by atoms with Crippen LogP contribution in [0.2, 0.25) is 5.02 Å². The number of carbonyl (C=O) groups excluding carboxylic acids is 4. The van der Waals surface area contributed by atoms with E-state index in [1.54, 1.807) is 17.4 Å². The molecule has 0 aliphatic carbocycles. The molecule has 3 aliphatic heterocycles. The van der Waals surface area contributed by atoms with E-state index in [1.807, 2.05) is 91.8 Å². The first-order valence-electron chi connectivity index (χ1n) is 28.0. The first-order valence-corrected chi connectivity index (χ1v) is 29.1. The van der Waals surface area contributed by atoms with Crippen molar-refractivity contribution in [3.05, 3.63) is 137 Å². The van der Waals surface area contributed by atoms with Gasteiger partial charge in [-0.3, -0.25) is 9.59 Å². The Balaban J connectivity index is 0.000000328. The summed E-state index contributed by atoms with van der Waals surface area (Å²) in [6.07, 6.45) is 12.1. The Kier molecular flexibility index (Phi) is 27.3. The molecule has 3 fully saturated rings. The Hall–Kier alpha value is -7.55. The van der Waals surface area contributed by atoms with E-state index in [4.69, 9.17) is 31.5 Å². The van der Waals surface area contributed by atoms with Crippen molar-refractivity contribution in [2.45, 2.75) is 70.6 Å². The second kappa shape index (κ2) is 34.1. The number of likely N-dealkylation sites (N-methyl/N-ethyl adjacent to an activating group) is 1. The van der Waals surface area contributed by atoms with E-state index in [1.165, 1.54) is 17.5 Å². The number of aldehydes is 1. The molecule has 19 nitrogen and oxygen atoms in total. The fourth-order valence-corrected chi connectivity index (χ4v) is 9.79. The topological polar surface area (TPSA) is 225 Å². The van der Waals surface area contributed by atoms with Crippen LogP contribution < -0.4 is 26.6 Å². The van der Waals surface area contributed by atoms with Crippen molar-refractivity contribution in [1.29, 1.82) is 0 Å². The van der Waals surface area contributed by atoms with E-state index >= 15 is 0 Å². The van der Waals surface area contributed by atoms with E-state index in [0.29, 0.717) is 77.7 Å². The van der Waals surface area contributed by atoms with Crippen molar-refractivity contribution >= 4 is 70.3 Å². The molecule has 3 aliphatic rings. The molecule has 83 heavy (non-hydrogen) atoms. The number of anilines is 2. The molecule has 22 heteroatoms. The molecular formula is C61H81Cl2FmN12O7-. The van der Waals surface area contributed by atoms with Crippen molar-refractivity contribution < 1.29 is 33.4 Å². The number of aryl methyl sites for hydroxylation is 2. The van der Waals surface area contributed by atoms with E-state index in [2.05, 4.69) is 95.7 Å². The fourth-order valence-electron chi connectivity index (χ4n) is 9.67. The number of aromatic nitrogens is 4. The van der Waals surface area contributed by atoms with Crippen LogP contribution in [0.1, 0.15) is 65.9 Å². The molecule has 3 amide bonds. The minimum atomic E-state index is -0.666. The zero-order valence-corrected chi connectivity index (χ0v) is 52.3. The van der Waals surface area contributed by atoms with Gasteiger partial charge in [-0.05, 0) is 86.3 Å². The number of benzene rings is 3. The summed E-state index contributed by atoms with van der Waals surface area (Å²) in [6.45, 7) is 16.2. The summed E-state index contributed by atoms with van der Waals surface area (Å²) in [6, 6.07) is 28.0. The number of piperidine rings is 1. The quantitative estimate of drug-likeness (QED) is 0.0135. The molecule has 6 heterocycles. The summed E-state index contributed by atoms with van der Waals surface area (Å²) in [5, 5.41) is 11.3. The maximum atomic E-state index is 13.5. The average molecular weight is 1420 g/mol. The Labute approximate surface area is 493 Å². The predicted octanol–water partition coefficient (Wildman–Crippen LogP) is 7.06. The predicted molar refractivity (Wildman–Crippen MR) is 325 cm³/mol. The van der Waals surface area contributed by atoms with Gasteiger partial charge in [0.1, 0.15) is 24.1 Å². The third-order valence-electron chi connectivity index (χ3n) is 14.4. The normalized spacial score (nSPS) is 15.1. The van der Waals surface area contributed by atoms with Crippen LogP contribution in [0.3, 0.4) is 0 Å². The number of nitrogens with two attached hydrogens (primary N) is 1. The monoisotopic (exact) mass is 1420 g/mol. The number of H-pyrrole nitrogens is 1. The number of ether oxygens (including phenoxy) is 3. The number of piperazine rings is 1. The molecule has 0 bridgehead atoms. The second-order valence-corrected chi connectivity index (χ2v) is 20.9. The molecule has 3 aromatic heterocycles. The molecule has 3 aromatic carbocycles. The van der Waals surface area contributed by atoms with E-state index in [0.717, 1.165) is 109 Å². The van der Waals surface area contributed by atoms with Crippen LogP contribution in [0.25, 0.3) is 22.2 Å². The number of carbonyl (C=O) groups is 3. The van der Waals surface area contributed by atoms with E-state index in [-0.39, 0.29) is 24.1 Å². The van der Waals surface area contributed by atoms with Gasteiger partial charge in [0.05, 0.1) is 68.2 Å². The van der Waals surface area contributed by atoms with Crippen LogP contribution in [-0.4, -0.2) is 182 Å². The van der Waals surface area contributed by atoms with Gasteiger partial charge in [-0.1, -0.05) is 91.7 Å². The van der Waals surface area contributed by atoms with Gasteiger partial charge in [0.2, 0.25) is 5.91 Å². The van der Waals surface area contributed by atoms with Crippen LogP contribution in [0, 0.1) is 6.92 Å². The zero-order valence-electron chi connectivity index (χ0n) is 48.4. The molecule has 0 radical (unpaired) electrons. The largest absolute Gasteiger partial charge is 0.520 e. The van der Waals surface area contributed by atoms with Crippen LogP contribution in [0.5, 0.6) is 0 Å². The number of nitrogens with zero attached hydrogens (tertiary/aromatic N) is 7. The van der Waals surface area contributed by atoms with Crippen molar-refractivity contribution in [1.82, 2.24) is 45.3 Å². The maximum absolute atomic E-state index is 13.5. The molecule has 0 atom stereocenters. The van der Waals surface area contributed by atoms with Crippen molar-refractivity contribution in [3.63, 3.8) is 0 Å². The van der Waals surface area contributed by atoms with Gasteiger partial charge in [0, 0.05) is 94.8 Å². The number of pyridine rings is 1. The summed E-state index contributed by atoms with van der Waals surface area (Å²) in [4.78, 5) is 73.2. The third kappa shape index (κ3) is 20.1. The van der Waals surface area contributed by atoms with E-state index < -0.39 is 11.1 Å². The Bertz CT molecular complexity index is 2920. The number of nitrogens with one attached hydrogen (secondary N) is 4. The molecule has 6 N–H and O–H groups in total. The van der Waals surface area contributed by atoms with Gasteiger partial charge in [0.25, 0.3) is 5.91 Å². The van der Waals surface area contributed by atoms with Crippen LogP contribution >= 0.6 is 23.2 Å². The van der Waals surface area contributed by atoms with Gasteiger partial charge >= 0.3 is 0 Å². The van der Waals surface area contributed by atoms with E-state index in [9.17, 15) is 19.2 Å². The van der Waals surface area contributed by atoms with Crippen LogP contribution in [-0.2, 0) is 48.1 Å². The zero-order chi connectivity index (χ0) is 58.7. The number of halogens is 2. The first kappa shape index (κ1) is 66.3. The number of aromatic amines is 1. The van der Waals surface area contributed by atoms with Gasteiger partial charge in [-0.15, -0.1) is 11.6 Å². The summed E-state index contributed by atoms with van der Waals surface area (Å²) >= 11 is 10.3. The molecule has 9 rings (SSSR count). The smallest absolute Gasteiger partial charge is 0.272 e. The van der Waals surface area contributed by atoms with Gasteiger partial charge < -0.3 is 70.1 Å². The Morgan fingerprint density at radius 3 is 2.23 bits per heavy atom. The standard InChI is InChI=1S/C40H53N6O6.C12H15N5O.C8H10ClN.CH3Cl.Fm/c1-4-32-9-7-11-34(23-32)35-24-36(43-40(28-52-29-40)27-45(30-47)26-33-10-6-8-31(3)22-33)38(42-25-35)39(49)41-13-19-51-21-20-50-18-12-37(48)46-16-14-44(5-2)15-17-46;13-12(7-18)2-5-17(6-3-12)11-9-1-4-14-10(9)15-8-16-11;1-10-6-7-2-4-8(9)5-3-7;1-2;/h6-11,22-25,43H,4-5,12-21,26-29H2,1-3H3,(H,41,49);1,4,7-8H,2-3,5-6,13H2,(H,14,15,16);2-5,10H,6H2,1H3;1H3;/q-1;;;;. The Morgan fingerprint density at radius 2 is 1.58 bits per heavy atom. The van der Waals surface area contributed by atoms with Crippen molar-refractivity contribution in [3.8, 4) is 11.1 Å². The number of rotatable bonds is 24. The summed E-state index contributed by atoms with van der Waals surface area (Å²) < 4.78 is 17.0. The number of fused-ring (bicyclic) bond motifs is 1. The van der Waals surface area contributed by atoms with Crippen LogP contribution in [0.15, 0.2) is 104 Å². The molecular weight excluding hydrogens is 1340 g/mol. The minimum absolute atomic E-state index is 0. The summed E-state index contributed by atoms with van der Waals surface area (Å²) in [5.41, 5.74) is 12.7. The number of hydrogen-bond acceptors (Lipinski definition) is 15. The first-order chi connectivity index (χ1) is 39.9. The molecule has 0 saturated carbocycles. The fraction of sp³-hybridized carbons (Fsp3) is 0.459. The maximum Gasteiger partial charge on any atom is 0.272 e. The molecule has 6 aromatic rings. The molecule has 3 saturated heterocycles. The number of amides is 3. The third-order valence-corrected chi connectivity index (χ3v) is 14.7.